The maximum absolute atomic E-state index is 3.62. The van der Waals surface area contributed by atoms with Gasteiger partial charge in [0.25, 0.3) is 0 Å². The third-order valence-electron chi connectivity index (χ3n) is 3.86. The third kappa shape index (κ3) is 1.57. The van der Waals surface area contributed by atoms with Crippen molar-refractivity contribution >= 4 is 11.4 Å². The Morgan fingerprint density at radius 3 is 2.75 bits per heavy atom. The lowest BCUT2D eigenvalue weighted by molar-refractivity contribution is 0.595. The van der Waals surface area contributed by atoms with E-state index in [9.17, 15) is 0 Å². The Hall–Kier alpha value is -1.18. The smallest absolute Gasteiger partial charge is 0.0380 e. The maximum Gasteiger partial charge on any atom is 0.0380 e. The first-order valence-electron chi connectivity index (χ1n) is 6.42. The zero-order valence-corrected chi connectivity index (χ0v) is 10.1. The number of benzene rings is 1. The highest BCUT2D eigenvalue weighted by molar-refractivity contribution is 5.68. The molecule has 2 N–H and O–H groups in total. The van der Waals surface area contributed by atoms with E-state index >= 15 is 0 Å². The maximum atomic E-state index is 3.62. The molecule has 2 heterocycles. The Labute approximate surface area is 97.4 Å². The van der Waals surface area contributed by atoms with Crippen molar-refractivity contribution in [3.05, 3.63) is 23.3 Å². The zero-order valence-electron chi connectivity index (χ0n) is 10.1. The Kier molecular flexibility index (Phi) is 2.31. The first-order valence-corrected chi connectivity index (χ1v) is 6.42. The van der Waals surface area contributed by atoms with E-state index in [0.717, 1.165) is 12.5 Å². The fraction of sp³-hybridized carbons (Fsp3) is 0.571. The Balaban J connectivity index is 1.95. The Bertz CT molecular complexity index is 411. The van der Waals surface area contributed by atoms with Gasteiger partial charge in [-0.05, 0) is 48.4 Å². The second-order valence-corrected chi connectivity index (χ2v) is 5.31. The summed E-state index contributed by atoms with van der Waals surface area (Å²) in [5, 5.41) is 7.17. The monoisotopic (exact) mass is 216 g/mol. The lowest BCUT2D eigenvalue weighted by Crippen LogP contribution is -2.20. The van der Waals surface area contributed by atoms with Gasteiger partial charge in [-0.15, -0.1) is 0 Å². The molecule has 86 valence electrons. The molecule has 0 bridgehead atoms. The van der Waals surface area contributed by atoms with Crippen LogP contribution in [0.2, 0.25) is 0 Å². The van der Waals surface area contributed by atoms with Crippen LogP contribution in [0.25, 0.3) is 0 Å². The van der Waals surface area contributed by atoms with Crippen molar-refractivity contribution in [1.82, 2.24) is 0 Å². The minimum absolute atomic E-state index is 0.649. The SMILES string of the molecule is CCC1Cc2cc3c(cc2N1)CC(C)CN3. The molecule has 0 aromatic heterocycles. The van der Waals surface area contributed by atoms with Crippen LogP contribution in [0, 0.1) is 5.92 Å². The molecule has 0 spiro atoms. The van der Waals surface area contributed by atoms with Crippen LogP contribution in [0.1, 0.15) is 31.4 Å². The molecular weight excluding hydrogens is 196 g/mol. The highest BCUT2D eigenvalue weighted by Crippen LogP contribution is 2.35. The van der Waals surface area contributed by atoms with Crippen LogP contribution in [-0.4, -0.2) is 12.6 Å². The molecule has 16 heavy (non-hydrogen) atoms. The van der Waals surface area contributed by atoms with Crippen molar-refractivity contribution in [2.45, 2.75) is 39.2 Å². The molecule has 2 aliphatic rings. The number of anilines is 2. The summed E-state index contributed by atoms with van der Waals surface area (Å²) < 4.78 is 0. The summed E-state index contributed by atoms with van der Waals surface area (Å²) in [5.41, 5.74) is 5.73. The molecule has 2 unspecified atom stereocenters. The van der Waals surface area contributed by atoms with Crippen LogP contribution in [0.5, 0.6) is 0 Å². The van der Waals surface area contributed by atoms with Crippen molar-refractivity contribution < 1.29 is 0 Å². The van der Waals surface area contributed by atoms with E-state index in [4.69, 9.17) is 0 Å². The van der Waals surface area contributed by atoms with Crippen molar-refractivity contribution in [3.63, 3.8) is 0 Å². The van der Waals surface area contributed by atoms with Gasteiger partial charge in [-0.25, -0.2) is 0 Å². The van der Waals surface area contributed by atoms with Crippen LogP contribution >= 0.6 is 0 Å². The van der Waals surface area contributed by atoms with Crippen molar-refractivity contribution in [2.75, 3.05) is 17.2 Å². The highest BCUT2D eigenvalue weighted by Gasteiger charge is 2.23. The minimum atomic E-state index is 0.649. The molecule has 2 aliphatic heterocycles. The van der Waals surface area contributed by atoms with Gasteiger partial charge in [0, 0.05) is 24.0 Å². The fourth-order valence-corrected chi connectivity index (χ4v) is 2.84. The molecule has 3 rings (SSSR count). The molecule has 0 radical (unpaired) electrons. The first-order chi connectivity index (χ1) is 7.76. The molecule has 0 amide bonds. The summed E-state index contributed by atoms with van der Waals surface area (Å²) >= 11 is 0. The molecule has 1 aromatic carbocycles. The van der Waals surface area contributed by atoms with E-state index in [1.54, 1.807) is 0 Å². The predicted octanol–water partition coefficient (Wildman–Crippen LogP) is 3.04. The average Bonchev–Trinajstić information content (AvgIpc) is 2.67. The van der Waals surface area contributed by atoms with Crippen molar-refractivity contribution in [3.8, 4) is 0 Å². The largest absolute Gasteiger partial charge is 0.385 e. The number of rotatable bonds is 1. The number of hydrogen-bond donors (Lipinski definition) is 2. The molecule has 2 atom stereocenters. The van der Waals surface area contributed by atoms with Gasteiger partial charge in [0.05, 0.1) is 0 Å². The Morgan fingerprint density at radius 1 is 1.19 bits per heavy atom. The number of hydrogen-bond acceptors (Lipinski definition) is 2. The van der Waals surface area contributed by atoms with Crippen LogP contribution in [0.4, 0.5) is 11.4 Å². The average molecular weight is 216 g/mol. The van der Waals surface area contributed by atoms with Crippen molar-refractivity contribution in [1.29, 1.82) is 0 Å². The van der Waals surface area contributed by atoms with Crippen LogP contribution < -0.4 is 10.6 Å². The van der Waals surface area contributed by atoms with Gasteiger partial charge >= 0.3 is 0 Å². The lowest BCUT2D eigenvalue weighted by atomic mass is 9.93. The van der Waals surface area contributed by atoms with Gasteiger partial charge in [-0.1, -0.05) is 13.8 Å². The zero-order chi connectivity index (χ0) is 11.1. The Morgan fingerprint density at radius 2 is 1.94 bits per heavy atom. The summed E-state index contributed by atoms with van der Waals surface area (Å²) in [6, 6.07) is 5.37. The minimum Gasteiger partial charge on any atom is -0.385 e. The third-order valence-corrected chi connectivity index (χ3v) is 3.86. The second kappa shape index (κ2) is 3.69. The van der Waals surface area contributed by atoms with Crippen LogP contribution in [0.3, 0.4) is 0 Å². The van der Waals surface area contributed by atoms with Gasteiger partial charge in [-0.2, -0.15) is 0 Å². The summed E-state index contributed by atoms with van der Waals surface area (Å²) in [7, 11) is 0. The van der Waals surface area contributed by atoms with Gasteiger partial charge in [0.2, 0.25) is 0 Å². The number of nitrogens with one attached hydrogen (secondary N) is 2. The first kappa shape index (κ1) is 10.0. The molecule has 1 aromatic rings. The molecule has 0 aliphatic carbocycles. The van der Waals surface area contributed by atoms with Gasteiger partial charge in [0.1, 0.15) is 0 Å². The van der Waals surface area contributed by atoms with Gasteiger partial charge in [-0.3, -0.25) is 0 Å². The molecular formula is C14H20N2. The standard InChI is InChI=1S/C14H20N2/c1-3-12-5-11-6-13-10(7-14(11)16-12)4-9(2)8-15-13/h6-7,9,12,15-16H,3-5,8H2,1-2H3. The van der Waals surface area contributed by atoms with E-state index in [1.165, 1.54) is 41.8 Å². The number of fused-ring (bicyclic) bond motifs is 2. The van der Waals surface area contributed by atoms with Gasteiger partial charge in [0.15, 0.2) is 0 Å². The second-order valence-electron chi connectivity index (χ2n) is 5.31. The summed E-state index contributed by atoms with van der Waals surface area (Å²) in [6.07, 6.45) is 3.62. The van der Waals surface area contributed by atoms with E-state index in [0.29, 0.717) is 6.04 Å². The van der Waals surface area contributed by atoms with Crippen LogP contribution in [-0.2, 0) is 12.8 Å². The van der Waals surface area contributed by atoms with Crippen molar-refractivity contribution in [2.24, 2.45) is 5.92 Å². The van der Waals surface area contributed by atoms with Gasteiger partial charge < -0.3 is 10.6 Å². The van der Waals surface area contributed by atoms with E-state index in [1.807, 2.05) is 0 Å². The molecule has 0 saturated heterocycles. The topological polar surface area (TPSA) is 24.1 Å². The summed E-state index contributed by atoms with van der Waals surface area (Å²) in [4.78, 5) is 0. The quantitative estimate of drug-likeness (QED) is 0.754. The van der Waals surface area contributed by atoms with E-state index in [-0.39, 0.29) is 0 Å². The van der Waals surface area contributed by atoms with Crippen LogP contribution in [0.15, 0.2) is 12.1 Å². The van der Waals surface area contributed by atoms with E-state index < -0.39 is 0 Å². The highest BCUT2D eigenvalue weighted by atomic mass is 15.0. The normalized spacial score (nSPS) is 26.6. The van der Waals surface area contributed by atoms with E-state index in [2.05, 4.69) is 36.6 Å². The predicted molar refractivity (Wildman–Crippen MR) is 69.2 cm³/mol. The molecule has 2 heteroatoms. The summed E-state index contributed by atoms with van der Waals surface area (Å²) in [6.45, 7) is 5.69. The molecule has 0 fully saturated rings. The lowest BCUT2D eigenvalue weighted by Gasteiger charge is -2.24. The fourth-order valence-electron chi connectivity index (χ4n) is 2.84. The summed E-state index contributed by atoms with van der Waals surface area (Å²) in [5.74, 6) is 0.758. The molecule has 2 nitrogen and oxygen atoms in total. The molecule has 0 saturated carbocycles.